The van der Waals surface area contributed by atoms with Crippen molar-refractivity contribution in [3.05, 3.63) is 29.7 Å². The molecule has 5 nitrogen and oxygen atoms in total. The third kappa shape index (κ3) is 4.49. The van der Waals surface area contributed by atoms with Crippen molar-refractivity contribution in [2.45, 2.75) is 57.7 Å². The largest absolute Gasteiger partial charge is 0.417 e. The van der Waals surface area contributed by atoms with Crippen LogP contribution in [-0.2, 0) is 17.5 Å². The molecule has 0 bridgehead atoms. The standard InChI is InChI=1S/C17H21F3N4O/c18-17(19,20)13-7-8-14-22-23-15(24(14)11-13)10-21-16(25)9-6-12-4-2-1-3-5-12/h7-8,11-12H,1-6,9-10H2,(H,21,25). The van der Waals surface area contributed by atoms with Crippen LogP contribution in [0.1, 0.15) is 56.3 Å². The van der Waals surface area contributed by atoms with Crippen LogP contribution in [0.5, 0.6) is 0 Å². The molecule has 2 aromatic rings. The highest BCUT2D eigenvalue weighted by molar-refractivity contribution is 5.75. The van der Waals surface area contributed by atoms with E-state index in [1.165, 1.54) is 42.6 Å². The van der Waals surface area contributed by atoms with Crippen LogP contribution in [-0.4, -0.2) is 20.5 Å². The molecule has 0 atom stereocenters. The van der Waals surface area contributed by atoms with Crippen LogP contribution in [0.3, 0.4) is 0 Å². The van der Waals surface area contributed by atoms with E-state index in [1.807, 2.05) is 0 Å². The van der Waals surface area contributed by atoms with Crippen molar-refractivity contribution in [1.82, 2.24) is 19.9 Å². The Kier molecular flexibility index (Phi) is 5.24. The van der Waals surface area contributed by atoms with Crippen molar-refractivity contribution in [1.29, 1.82) is 0 Å². The first-order valence-corrected chi connectivity index (χ1v) is 8.61. The van der Waals surface area contributed by atoms with Crippen molar-refractivity contribution >= 4 is 11.6 Å². The molecule has 0 saturated heterocycles. The molecule has 1 aliphatic carbocycles. The number of nitrogens with zero attached hydrogens (tertiary/aromatic N) is 3. The summed E-state index contributed by atoms with van der Waals surface area (Å²) >= 11 is 0. The van der Waals surface area contributed by atoms with E-state index in [9.17, 15) is 18.0 Å². The molecular formula is C17H21F3N4O. The summed E-state index contributed by atoms with van der Waals surface area (Å²) < 4.78 is 39.7. The summed E-state index contributed by atoms with van der Waals surface area (Å²) in [4.78, 5) is 12.0. The number of halogens is 3. The maximum Gasteiger partial charge on any atom is 0.417 e. The van der Waals surface area contributed by atoms with Crippen LogP contribution in [0, 0.1) is 5.92 Å². The zero-order valence-corrected chi connectivity index (χ0v) is 13.9. The molecule has 0 spiro atoms. The first-order valence-electron chi connectivity index (χ1n) is 8.61. The van der Waals surface area contributed by atoms with Gasteiger partial charge < -0.3 is 5.32 Å². The lowest BCUT2D eigenvalue weighted by atomic mass is 9.86. The van der Waals surface area contributed by atoms with Crippen molar-refractivity contribution in [2.75, 3.05) is 0 Å². The monoisotopic (exact) mass is 354 g/mol. The Morgan fingerprint density at radius 3 is 2.68 bits per heavy atom. The Bertz CT molecular complexity index is 735. The van der Waals surface area contributed by atoms with Crippen molar-refractivity contribution in [3.8, 4) is 0 Å². The average Bonchev–Trinajstić information content (AvgIpc) is 3.00. The molecule has 0 unspecified atom stereocenters. The number of nitrogens with one attached hydrogen (secondary N) is 1. The smallest absolute Gasteiger partial charge is 0.349 e. The number of hydrogen-bond donors (Lipinski definition) is 1. The summed E-state index contributed by atoms with van der Waals surface area (Å²) in [5.41, 5.74) is -0.455. The zero-order chi connectivity index (χ0) is 17.9. The number of rotatable bonds is 5. The Labute approximate surface area is 143 Å². The molecule has 1 amide bonds. The molecule has 1 saturated carbocycles. The lowest BCUT2D eigenvalue weighted by molar-refractivity contribution is -0.137. The predicted octanol–water partition coefficient (Wildman–Crippen LogP) is 3.72. The fraction of sp³-hybridized carbons (Fsp3) is 0.588. The molecule has 0 aliphatic heterocycles. The highest BCUT2D eigenvalue weighted by atomic mass is 19.4. The van der Waals surface area contributed by atoms with Gasteiger partial charge in [-0.1, -0.05) is 32.1 Å². The quantitative estimate of drug-likeness (QED) is 0.890. The third-order valence-electron chi connectivity index (χ3n) is 4.75. The normalized spacial score (nSPS) is 16.3. The highest BCUT2D eigenvalue weighted by Crippen LogP contribution is 2.29. The summed E-state index contributed by atoms with van der Waals surface area (Å²) in [7, 11) is 0. The van der Waals surface area contributed by atoms with Gasteiger partial charge in [0, 0.05) is 12.6 Å². The summed E-state index contributed by atoms with van der Waals surface area (Å²) in [6, 6.07) is 2.24. The SMILES string of the molecule is O=C(CCC1CCCCC1)NCc1nnc2ccc(C(F)(F)F)cn12. The number of fused-ring (bicyclic) bond motifs is 1. The molecule has 25 heavy (non-hydrogen) atoms. The van der Waals surface area contributed by atoms with Crippen LogP contribution in [0.15, 0.2) is 18.3 Å². The summed E-state index contributed by atoms with van der Waals surface area (Å²) in [6.45, 7) is 0.0615. The number of carbonyl (C=O) groups is 1. The third-order valence-corrected chi connectivity index (χ3v) is 4.75. The van der Waals surface area contributed by atoms with Gasteiger partial charge in [0.05, 0.1) is 12.1 Å². The van der Waals surface area contributed by atoms with Gasteiger partial charge in [0.15, 0.2) is 11.5 Å². The van der Waals surface area contributed by atoms with Gasteiger partial charge in [-0.2, -0.15) is 13.2 Å². The second-order valence-electron chi connectivity index (χ2n) is 6.58. The molecule has 1 fully saturated rings. The minimum atomic E-state index is -4.43. The van der Waals surface area contributed by atoms with Crippen LogP contribution < -0.4 is 5.32 Å². The molecule has 1 aliphatic rings. The maximum atomic E-state index is 12.8. The number of aromatic nitrogens is 3. The van der Waals surface area contributed by atoms with E-state index in [4.69, 9.17) is 0 Å². The number of amides is 1. The summed E-state index contributed by atoms with van der Waals surface area (Å²) in [6.07, 6.45) is 3.95. The van der Waals surface area contributed by atoms with Gasteiger partial charge in [0.2, 0.25) is 5.91 Å². The fourth-order valence-corrected chi connectivity index (χ4v) is 3.30. The average molecular weight is 354 g/mol. The van der Waals surface area contributed by atoms with Gasteiger partial charge in [-0.15, -0.1) is 10.2 Å². The minimum Gasteiger partial charge on any atom is -0.349 e. The second kappa shape index (κ2) is 7.41. The van der Waals surface area contributed by atoms with Crippen LogP contribution in [0.4, 0.5) is 13.2 Å². The zero-order valence-electron chi connectivity index (χ0n) is 13.9. The Balaban J connectivity index is 1.58. The highest BCUT2D eigenvalue weighted by Gasteiger charge is 2.31. The van der Waals surface area contributed by atoms with E-state index < -0.39 is 11.7 Å². The molecule has 136 valence electrons. The number of alkyl halides is 3. The van der Waals surface area contributed by atoms with Crippen molar-refractivity contribution in [3.63, 3.8) is 0 Å². The molecule has 2 heterocycles. The predicted molar refractivity (Wildman–Crippen MR) is 85.6 cm³/mol. The Morgan fingerprint density at radius 1 is 1.20 bits per heavy atom. The van der Waals surface area contributed by atoms with Gasteiger partial charge in [-0.05, 0) is 24.5 Å². The van der Waals surface area contributed by atoms with Crippen LogP contribution >= 0.6 is 0 Å². The number of pyridine rings is 1. The molecule has 3 rings (SSSR count). The minimum absolute atomic E-state index is 0.0615. The summed E-state index contributed by atoms with van der Waals surface area (Å²) in [5.74, 6) is 0.796. The lowest BCUT2D eigenvalue weighted by Gasteiger charge is -2.20. The molecule has 0 aromatic carbocycles. The first-order chi connectivity index (χ1) is 11.9. The second-order valence-corrected chi connectivity index (χ2v) is 6.58. The van der Waals surface area contributed by atoms with E-state index in [-0.39, 0.29) is 18.3 Å². The van der Waals surface area contributed by atoms with E-state index in [2.05, 4.69) is 15.5 Å². The molecule has 1 N–H and O–H groups in total. The van der Waals surface area contributed by atoms with Gasteiger partial charge in [-0.3, -0.25) is 9.20 Å². The number of hydrogen-bond acceptors (Lipinski definition) is 3. The van der Waals surface area contributed by atoms with E-state index in [0.717, 1.165) is 18.7 Å². The number of carbonyl (C=O) groups excluding carboxylic acids is 1. The van der Waals surface area contributed by atoms with Crippen LogP contribution in [0.2, 0.25) is 0 Å². The van der Waals surface area contributed by atoms with Crippen LogP contribution in [0.25, 0.3) is 5.65 Å². The molecular weight excluding hydrogens is 333 g/mol. The van der Waals surface area contributed by atoms with Crippen molar-refractivity contribution < 1.29 is 18.0 Å². The fourth-order valence-electron chi connectivity index (χ4n) is 3.30. The molecule has 8 heteroatoms. The molecule has 2 aromatic heterocycles. The van der Waals surface area contributed by atoms with E-state index >= 15 is 0 Å². The van der Waals surface area contributed by atoms with Gasteiger partial charge in [-0.25, -0.2) is 0 Å². The maximum absolute atomic E-state index is 12.8. The van der Waals surface area contributed by atoms with E-state index in [0.29, 0.717) is 18.0 Å². The lowest BCUT2D eigenvalue weighted by Crippen LogP contribution is -2.24. The Hall–Kier alpha value is -2.12. The Morgan fingerprint density at radius 2 is 1.96 bits per heavy atom. The molecule has 0 radical (unpaired) electrons. The van der Waals surface area contributed by atoms with Gasteiger partial charge in [0.1, 0.15) is 0 Å². The van der Waals surface area contributed by atoms with Gasteiger partial charge in [0.25, 0.3) is 0 Å². The van der Waals surface area contributed by atoms with Gasteiger partial charge >= 0.3 is 6.18 Å². The van der Waals surface area contributed by atoms with E-state index in [1.54, 1.807) is 0 Å². The topological polar surface area (TPSA) is 59.3 Å². The van der Waals surface area contributed by atoms with Crippen molar-refractivity contribution in [2.24, 2.45) is 5.92 Å². The first kappa shape index (κ1) is 17.7. The summed E-state index contributed by atoms with van der Waals surface area (Å²) in [5, 5.41) is 10.4.